The molecule has 0 aromatic heterocycles. The molecule has 4 heteroatoms. The van der Waals surface area contributed by atoms with Crippen molar-refractivity contribution in [1.82, 2.24) is 10.3 Å². The van der Waals surface area contributed by atoms with Crippen molar-refractivity contribution in [1.29, 1.82) is 0 Å². The van der Waals surface area contributed by atoms with Crippen LogP contribution in [0.5, 0.6) is 0 Å². The second kappa shape index (κ2) is 6.86. The average molecular weight is 227 g/mol. The van der Waals surface area contributed by atoms with Gasteiger partial charge in [0.2, 0.25) is 0 Å². The Balaban J connectivity index is 2.56. The maximum absolute atomic E-state index is 11.7. The highest BCUT2D eigenvalue weighted by Crippen LogP contribution is 2.30. The summed E-state index contributed by atoms with van der Waals surface area (Å²) in [4.78, 5) is 14.1. The van der Waals surface area contributed by atoms with Crippen molar-refractivity contribution in [2.45, 2.75) is 52.0 Å². The minimum atomic E-state index is -0.0319. The zero-order valence-electron chi connectivity index (χ0n) is 10.5. The van der Waals surface area contributed by atoms with Gasteiger partial charge in [-0.25, -0.2) is 5.84 Å². The van der Waals surface area contributed by atoms with Crippen molar-refractivity contribution in [3.63, 3.8) is 0 Å². The van der Waals surface area contributed by atoms with E-state index in [9.17, 15) is 4.79 Å². The number of carbonyl (C=O) groups is 1. The van der Waals surface area contributed by atoms with E-state index in [4.69, 9.17) is 5.84 Å². The summed E-state index contributed by atoms with van der Waals surface area (Å²) in [5.41, 5.74) is 2.30. The summed E-state index contributed by atoms with van der Waals surface area (Å²) >= 11 is 0. The molecule has 1 unspecified atom stereocenters. The van der Waals surface area contributed by atoms with Crippen molar-refractivity contribution < 1.29 is 4.79 Å². The first-order valence-electron chi connectivity index (χ1n) is 6.47. The lowest BCUT2D eigenvalue weighted by molar-refractivity contribution is -0.127. The van der Waals surface area contributed by atoms with Crippen LogP contribution in [-0.2, 0) is 4.79 Å². The third kappa shape index (κ3) is 4.10. The summed E-state index contributed by atoms with van der Waals surface area (Å²) in [6.45, 7) is 6.32. The number of hydrazine groups is 1. The Kier molecular flexibility index (Phi) is 5.77. The highest BCUT2D eigenvalue weighted by Gasteiger charge is 2.30. The molecule has 0 bridgehead atoms. The second-order valence-corrected chi connectivity index (χ2v) is 4.75. The van der Waals surface area contributed by atoms with E-state index >= 15 is 0 Å². The van der Waals surface area contributed by atoms with Gasteiger partial charge in [-0.3, -0.25) is 15.1 Å². The summed E-state index contributed by atoms with van der Waals surface area (Å²) in [5, 5.41) is 0. The fourth-order valence-electron chi connectivity index (χ4n) is 2.14. The number of nitrogens with zero attached hydrogens (tertiary/aromatic N) is 1. The van der Waals surface area contributed by atoms with Crippen LogP contribution in [0.15, 0.2) is 0 Å². The SMILES string of the molecule is CCCC(C(=O)NN)N(CCC)CC1CC1. The molecule has 1 amide bonds. The highest BCUT2D eigenvalue weighted by atomic mass is 16.2. The largest absolute Gasteiger partial charge is 0.293 e. The summed E-state index contributed by atoms with van der Waals surface area (Å²) in [6, 6.07) is -0.0319. The van der Waals surface area contributed by atoms with Gasteiger partial charge in [0.15, 0.2) is 0 Å². The highest BCUT2D eigenvalue weighted by molar-refractivity contribution is 5.81. The van der Waals surface area contributed by atoms with Crippen LogP contribution >= 0.6 is 0 Å². The number of rotatable bonds is 8. The lowest BCUT2D eigenvalue weighted by atomic mass is 10.1. The number of carbonyl (C=O) groups excluding carboxylic acids is 1. The Bertz CT molecular complexity index is 216. The molecule has 4 nitrogen and oxygen atoms in total. The third-order valence-electron chi connectivity index (χ3n) is 3.15. The monoisotopic (exact) mass is 227 g/mol. The maximum atomic E-state index is 11.7. The molecule has 0 saturated heterocycles. The number of hydrogen-bond acceptors (Lipinski definition) is 3. The Labute approximate surface area is 98.5 Å². The van der Waals surface area contributed by atoms with Crippen LogP contribution in [0.4, 0.5) is 0 Å². The lowest BCUT2D eigenvalue weighted by Crippen LogP contribution is -2.50. The molecule has 1 rings (SSSR count). The van der Waals surface area contributed by atoms with Crippen LogP contribution in [0.25, 0.3) is 0 Å². The van der Waals surface area contributed by atoms with Gasteiger partial charge in [-0.2, -0.15) is 0 Å². The molecule has 1 saturated carbocycles. The van der Waals surface area contributed by atoms with Crippen molar-refractivity contribution in [3.8, 4) is 0 Å². The van der Waals surface area contributed by atoms with Gasteiger partial charge in [-0.05, 0) is 38.1 Å². The number of hydrogen-bond donors (Lipinski definition) is 2. The molecule has 0 spiro atoms. The zero-order valence-corrected chi connectivity index (χ0v) is 10.5. The van der Waals surface area contributed by atoms with Gasteiger partial charge in [0, 0.05) is 6.54 Å². The van der Waals surface area contributed by atoms with Crippen molar-refractivity contribution >= 4 is 5.91 Å². The summed E-state index contributed by atoms with van der Waals surface area (Å²) < 4.78 is 0. The van der Waals surface area contributed by atoms with Crippen LogP contribution in [0, 0.1) is 5.92 Å². The van der Waals surface area contributed by atoms with E-state index in [1.807, 2.05) is 0 Å². The molecule has 0 aliphatic heterocycles. The van der Waals surface area contributed by atoms with Crippen LogP contribution < -0.4 is 11.3 Å². The van der Waals surface area contributed by atoms with Gasteiger partial charge < -0.3 is 0 Å². The Morgan fingerprint density at radius 2 is 2.12 bits per heavy atom. The topological polar surface area (TPSA) is 58.4 Å². The third-order valence-corrected chi connectivity index (χ3v) is 3.15. The molecule has 1 atom stereocenters. The number of amides is 1. The molecule has 1 aliphatic carbocycles. The molecule has 0 aromatic carbocycles. The summed E-state index contributed by atoms with van der Waals surface area (Å²) in [5.74, 6) is 6.04. The fourth-order valence-corrected chi connectivity index (χ4v) is 2.14. The first-order valence-corrected chi connectivity index (χ1v) is 6.47. The lowest BCUT2D eigenvalue weighted by Gasteiger charge is -2.29. The predicted molar refractivity (Wildman–Crippen MR) is 65.6 cm³/mol. The van der Waals surface area contributed by atoms with Crippen molar-refractivity contribution in [3.05, 3.63) is 0 Å². The summed E-state index contributed by atoms with van der Waals surface area (Å²) in [6.07, 6.45) is 5.65. The molecule has 0 aromatic rings. The molecule has 0 radical (unpaired) electrons. The van der Waals surface area contributed by atoms with Crippen molar-refractivity contribution in [2.24, 2.45) is 11.8 Å². The molecule has 1 aliphatic rings. The Morgan fingerprint density at radius 3 is 2.56 bits per heavy atom. The Hall–Kier alpha value is -0.610. The molecule has 1 fully saturated rings. The first-order chi connectivity index (χ1) is 7.72. The molecular weight excluding hydrogens is 202 g/mol. The minimum Gasteiger partial charge on any atom is -0.293 e. The van der Waals surface area contributed by atoms with Crippen LogP contribution in [0.1, 0.15) is 46.0 Å². The van der Waals surface area contributed by atoms with E-state index in [0.717, 1.165) is 38.3 Å². The van der Waals surface area contributed by atoms with Crippen LogP contribution in [-0.4, -0.2) is 29.9 Å². The molecule has 94 valence electrons. The normalized spacial score (nSPS) is 17.5. The smallest absolute Gasteiger partial charge is 0.251 e. The van der Waals surface area contributed by atoms with E-state index in [-0.39, 0.29) is 11.9 Å². The molecule has 0 heterocycles. The van der Waals surface area contributed by atoms with E-state index in [0.29, 0.717) is 0 Å². The van der Waals surface area contributed by atoms with E-state index in [2.05, 4.69) is 24.2 Å². The fraction of sp³-hybridized carbons (Fsp3) is 0.917. The Morgan fingerprint density at radius 1 is 1.44 bits per heavy atom. The quantitative estimate of drug-likeness (QED) is 0.373. The number of nitrogens with two attached hydrogens (primary N) is 1. The first kappa shape index (κ1) is 13.5. The van der Waals surface area contributed by atoms with Crippen molar-refractivity contribution in [2.75, 3.05) is 13.1 Å². The van der Waals surface area contributed by atoms with Gasteiger partial charge >= 0.3 is 0 Å². The molecular formula is C12H25N3O. The van der Waals surface area contributed by atoms with Crippen LogP contribution in [0.3, 0.4) is 0 Å². The van der Waals surface area contributed by atoms with Crippen LogP contribution in [0.2, 0.25) is 0 Å². The zero-order chi connectivity index (χ0) is 12.0. The average Bonchev–Trinajstić information content (AvgIpc) is 3.08. The van der Waals surface area contributed by atoms with E-state index in [1.165, 1.54) is 12.8 Å². The number of nitrogens with one attached hydrogen (secondary N) is 1. The van der Waals surface area contributed by atoms with E-state index < -0.39 is 0 Å². The van der Waals surface area contributed by atoms with Gasteiger partial charge in [-0.1, -0.05) is 20.3 Å². The van der Waals surface area contributed by atoms with Gasteiger partial charge in [-0.15, -0.1) is 0 Å². The predicted octanol–water partition coefficient (Wildman–Crippen LogP) is 1.27. The molecule has 16 heavy (non-hydrogen) atoms. The standard InChI is InChI=1S/C12H25N3O/c1-3-5-11(12(16)14-13)15(8-4-2)9-10-6-7-10/h10-11H,3-9,13H2,1-2H3,(H,14,16). The molecule has 3 N–H and O–H groups in total. The van der Waals surface area contributed by atoms with E-state index in [1.54, 1.807) is 0 Å². The van der Waals surface area contributed by atoms with Gasteiger partial charge in [0.05, 0.1) is 6.04 Å². The minimum absolute atomic E-state index is 0.0315. The maximum Gasteiger partial charge on any atom is 0.251 e. The second-order valence-electron chi connectivity index (χ2n) is 4.75. The summed E-state index contributed by atoms with van der Waals surface area (Å²) in [7, 11) is 0. The van der Waals surface area contributed by atoms with Gasteiger partial charge in [0.1, 0.15) is 0 Å². The van der Waals surface area contributed by atoms with Gasteiger partial charge in [0.25, 0.3) is 5.91 Å².